The molecule has 7 heteroatoms. The van der Waals surface area contributed by atoms with Crippen molar-refractivity contribution < 1.29 is 0 Å². The molecule has 3 aromatic rings. The lowest BCUT2D eigenvalue weighted by atomic mass is 10.4. The minimum absolute atomic E-state index is 0.122. The number of nitrogen functional groups attached to an aromatic ring is 1. The van der Waals surface area contributed by atoms with Gasteiger partial charge in [-0.15, -0.1) is 0 Å². The smallest absolute Gasteiger partial charge is 0.224 e. The second kappa shape index (κ2) is 3.31. The zero-order chi connectivity index (χ0) is 11.8. The van der Waals surface area contributed by atoms with Crippen LogP contribution in [-0.2, 0) is 0 Å². The van der Waals surface area contributed by atoms with Gasteiger partial charge in [0.2, 0.25) is 5.95 Å². The van der Waals surface area contributed by atoms with E-state index in [1.807, 2.05) is 0 Å². The van der Waals surface area contributed by atoms with E-state index in [4.69, 9.17) is 11.0 Å². The zero-order valence-corrected chi connectivity index (χ0v) is 8.62. The summed E-state index contributed by atoms with van der Waals surface area (Å²) in [5.41, 5.74) is 7.20. The molecule has 0 aromatic carbocycles. The summed E-state index contributed by atoms with van der Waals surface area (Å²) < 4.78 is 1.64. The fraction of sp³-hybridized carbons (Fsp3) is 0. The molecule has 0 bridgehead atoms. The van der Waals surface area contributed by atoms with Gasteiger partial charge in [-0.3, -0.25) is 4.57 Å². The Balaban J connectivity index is 2.37. The molecule has 0 radical (unpaired) electrons. The lowest BCUT2D eigenvalue weighted by Crippen LogP contribution is -2.04. The first-order chi connectivity index (χ1) is 8.29. The highest BCUT2D eigenvalue weighted by atomic mass is 15.2. The summed E-state index contributed by atoms with van der Waals surface area (Å²) in [7, 11) is 0. The molecule has 3 rings (SSSR count). The number of hydrogen-bond donors (Lipinski definition) is 2. The van der Waals surface area contributed by atoms with Crippen molar-refractivity contribution in [1.29, 1.82) is 5.26 Å². The van der Waals surface area contributed by atoms with Gasteiger partial charge in [0.25, 0.3) is 0 Å². The van der Waals surface area contributed by atoms with Gasteiger partial charge in [-0.25, -0.2) is 4.98 Å². The fourth-order valence-corrected chi connectivity index (χ4v) is 1.67. The van der Waals surface area contributed by atoms with Crippen molar-refractivity contribution in [1.82, 2.24) is 24.5 Å². The number of fused-ring (bicyclic) bond motifs is 1. The summed E-state index contributed by atoms with van der Waals surface area (Å²) >= 11 is 0. The van der Waals surface area contributed by atoms with Gasteiger partial charge in [-0.1, -0.05) is 0 Å². The Morgan fingerprint density at radius 3 is 3.12 bits per heavy atom. The lowest BCUT2D eigenvalue weighted by molar-refractivity contribution is 0.989. The first-order valence-electron chi connectivity index (χ1n) is 4.84. The van der Waals surface area contributed by atoms with Crippen molar-refractivity contribution in [2.45, 2.75) is 0 Å². The molecule has 17 heavy (non-hydrogen) atoms. The minimum Gasteiger partial charge on any atom is -0.368 e. The highest BCUT2D eigenvalue weighted by Gasteiger charge is 2.12. The molecule has 0 fully saturated rings. The molecule has 0 aliphatic heterocycles. The Kier molecular flexibility index (Phi) is 1.82. The zero-order valence-electron chi connectivity index (χ0n) is 8.62. The number of anilines is 1. The van der Waals surface area contributed by atoms with E-state index in [2.05, 4.69) is 26.0 Å². The summed E-state index contributed by atoms with van der Waals surface area (Å²) in [5.74, 6) is 0.642. The number of aromatic amines is 1. The molecule has 82 valence electrons. The van der Waals surface area contributed by atoms with Crippen molar-refractivity contribution >= 4 is 17.1 Å². The number of nitrogens with one attached hydrogen (secondary N) is 1. The second-order valence-corrected chi connectivity index (χ2v) is 3.38. The highest BCUT2D eigenvalue weighted by Crippen LogP contribution is 2.18. The molecule has 0 saturated carbocycles. The van der Waals surface area contributed by atoms with Crippen molar-refractivity contribution in [3.8, 4) is 11.9 Å². The molecule has 3 N–H and O–H groups in total. The maximum absolute atomic E-state index is 8.99. The van der Waals surface area contributed by atoms with Crippen LogP contribution in [0.3, 0.4) is 0 Å². The van der Waals surface area contributed by atoms with Gasteiger partial charge >= 0.3 is 0 Å². The maximum Gasteiger partial charge on any atom is 0.224 e. The molecule has 3 heterocycles. The second-order valence-electron chi connectivity index (χ2n) is 3.38. The van der Waals surface area contributed by atoms with Crippen LogP contribution in [0.5, 0.6) is 0 Å². The van der Waals surface area contributed by atoms with Crippen LogP contribution in [0.4, 0.5) is 5.95 Å². The van der Waals surface area contributed by atoms with Gasteiger partial charge in [-0.05, 0) is 12.1 Å². The average molecular weight is 225 g/mol. The van der Waals surface area contributed by atoms with Crippen LogP contribution >= 0.6 is 0 Å². The number of nitrogens with zero attached hydrogens (tertiary/aromatic N) is 5. The first-order valence-corrected chi connectivity index (χ1v) is 4.84. The maximum atomic E-state index is 8.99. The van der Waals surface area contributed by atoms with Crippen molar-refractivity contribution in [2.75, 3.05) is 5.73 Å². The third-order valence-electron chi connectivity index (χ3n) is 2.38. The van der Waals surface area contributed by atoms with Crippen LogP contribution in [0.2, 0.25) is 0 Å². The molecular formula is C10H7N7. The topological polar surface area (TPSA) is 109 Å². The summed E-state index contributed by atoms with van der Waals surface area (Å²) in [6, 6.07) is 5.54. The van der Waals surface area contributed by atoms with Crippen molar-refractivity contribution in [3.63, 3.8) is 0 Å². The summed E-state index contributed by atoms with van der Waals surface area (Å²) in [4.78, 5) is 15.1. The van der Waals surface area contributed by atoms with Gasteiger partial charge in [0.15, 0.2) is 11.5 Å². The Hall–Kier alpha value is -2.88. The number of imidazole rings is 1. The molecule has 0 atom stereocenters. The molecule has 0 saturated heterocycles. The van der Waals surface area contributed by atoms with Gasteiger partial charge in [0.1, 0.15) is 17.3 Å². The molecule has 0 unspecified atom stereocenters. The molecular weight excluding hydrogens is 218 g/mol. The monoisotopic (exact) mass is 225 g/mol. The van der Waals surface area contributed by atoms with Gasteiger partial charge < -0.3 is 10.7 Å². The van der Waals surface area contributed by atoms with Gasteiger partial charge in [0.05, 0.1) is 6.33 Å². The Morgan fingerprint density at radius 2 is 2.29 bits per heavy atom. The standard InChI is InChI=1S/C10H7N7/c11-4-6-2-1-3-17(6)9-7-8(14-5-13-7)15-10(12)16-9/h1-3,5H,(H3,12,13,14,15,16). The largest absolute Gasteiger partial charge is 0.368 e. The quantitative estimate of drug-likeness (QED) is 0.630. The Labute approximate surface area is 95.6 Å². The fourth-order valence-electron chi connectivity index (χ4n) is 1.67. The van der Waals surface area contributed by atoms with Gasteiger partial charge in [-0.2, -0.15) is 15.2 Å². The van der Waals surface area contributed by atoms with Crippen LogP contribution in [0, 0.1) is 11.3 Å². The van der Waals surface area contributed by atoms with Crippen LogP contribution in [0.1, 0.15) is 5.69 Å². The summed E-state index contributed by atoms with van der Waals surface area (Å²) in [6.07, 6.45) is 3.25. The number of rotatable bonds is 1. The van der Waals surface area contributed by atoms with E-state index < -0.39 is 0 Å². The molecule has 0 spiro atoms. The lowest BCUT2D eigenvalue weighted by Gasteiger charge is -2.05. The van der Waals surface area contributed by atoms with Crippen molar-refractivity contribution in [3.05, 3.63) is 30.4 Å². The SMILES string of the molecule is N#Cc1cccn1-c1nc(N)nc2nc[nH]c12. The first kappa shape index (κ1) is 9.35. The van der Waals surface area contributed by atoms with E-state index in [9.17, 15) is 0 Å². The van der Waals surface area contributed by atoms with E-state index >= 15 is 0 Å². The van der Waals surface area contributed by atoms with Gasteiger partial charge in [0, 0.05) is 6.20 Å². The summed E-state index contributed by atoms with van der Waals surface area (Å²) in [5, 5.41) is 8.99. The molecule has 0 amide bonds. The van der Waals surface area contributed by atoms with Crippen LogP contribution in [0.15, 0.2) is 24.7 Å². The molecule has 7 nitrogen and oxygen atoms in total. The van der Waals surface area contributed by atoms with E-state index in [0.29, 0.717) is 22.7 Å². The van der Waals surface area contributed by atoms with E-state index in [1.165, 1.54) is 6.33 Å². The number of aromatic nitrogens is 5. The van der Waals surface area contributed by atoms with Crippen LogP contribution < -0.4 is 5.73 Å². The minimum atomic E-state index is 0.122. The highest BCUT2D eigenvalue weighted by molar-refractivity contribution is 5.79. The number of hydrogen-bond acceptors (Lipinski definition) is 5. The third kappa shape index (κ3) is 1.32. The van der Waals surface area contributed by atoms with Crippen LogP contribution in [0.25, 0.3) is 17.0 Å². The molecule has 0 aliphatic carbocycles. The third-order valence-corrected chi connectivity index (χ3v) is 2.38. The van der Waals surface area contributed by atoms with E-state index in [-0.39, 0.29) is 5.95 Å². The Bertz CT molecular complexity index is 731. The molecule has 3 aromatic heterocycles. The normalized spacial score (nSPS) is 10.5. The number of nitriles is 1. The predicted molar refractivity (Wildman–Crippen MR) is 60.1 cm³/mol. The number of H-pyrrole nitrogens is 1. The average Bonchev–Trinajstić information content (AvgIpc) is 2.95. The van der Waals surface area contributed by atoms with Crippen molar-refractivity contribution in [2.24, 2.45) is 0 Å². The summed E-state index contributed by atoms with van der Waals surface area (Å²) in [6.45, 7) is 0. The molecule has 0 aliphatic rings. The Morgan fingerprint density at radius 1 is 1.41 bits per heavy atom. The predicted octanol–water partition coefficient (Wildman–Crippen LogP) is 0.597. The van der Waals surface area contributed by atoms with Crippen LogP contribution in [-0.4, -0.2) is 24.5 Å². The van der Waals surface area contributed by atoms with E-state index in [1.54, 1.807) is 22.9 Å². The van der Waals surface area contributed by atoms with E-state index in [0.717, 1.165) is 0 Å². The number of nitrogens with two attached hydrogens (primary N) is 1.